The lowest BCUT2D eigenvalue weighted by molar-refractivity contribution is -0.384. The second-order valence-electron chi connectivity index (χ2n) is 5.14. The van der Waals surface area contributed by atoms with Gasteiger partial charge in [0.1, 0.15) is 5.82 Å². The molecule has 0 radical (unpaired) electrons. The molecule has 0 unspecified atom stereocenters. The number of carbonyl (C=O) groups excluding carboxylic acids is 1. The largest absolute Gasteiger partial charge is 0.322 e. The highest BCUT2D eigenvalue weighted by Crippen LogP contribution is 2.18. The first kappa shape index (κ1) is 15.6. The van der Waals surface area contributed by atoms with E-state index in [2.05, 4.69) is 15.3 Å². The third-order valence-corrected chi connectivity index (χ3v) is 3.07. The SMILES string of the molecule is Cc1nc(C(C)C)ncc1C(=O)Nc1cccc([N+](=O)[O-])c1. The van der Waals surface area contributed by atoms with Crippen LogP contribution >= 0.6 is 0 Å². The summed E-state index contributed by atoms with van der Waals surface area (Å²) in [7, 11) is 0. The normalized spacial score (nSPS) is 10.5. The molecule has 0 saturated heterocycles. The predicted octanol–water partition coefficient (Wildman–Crippen LogP) is 3.07. The number of hydrogen-bond acceptors (Lipinski definition) is 5. The average molecular weight is 300 g/mol. The fourth-order valence-electron chi connectivity index (χ4n) is 1.88. The number of aromatic nitrogens is 2. The van der Waals surface area contributed by atoms with E-state index in [1.165, 1.54) is 24.4 Å². The summed E-state index contributed by atoms with van der Waals surface area (Å²) in [6, 6.07) is 5.76. The molecule has 0 aliphatic heterocycles. The summed E-state index contributed by atoms with van der Waals surface area (Å²) in [6.45, 7) is 5.67. The molecule has 2 aromatic rings. The highest BCUT2D eigenvalue weighted by atomic mass is 16.6. The van der Waals surface area contributed by atoms with Gasteiger partial charge in [-0.05, 0) is 13.0 Å². The molecular formula is C15H16N4O3. The minimum atomic E-state index is -0.512. The van der Waals surface area contributed by atoms with Crippen molar-refractivity contribution in [3.63, 3.8) is 0 Å². The van der Waals surface area contributed by atoms with Crippen LogP contribution in [0, 0.1) is 17.0 Å². The van der Waals surface area contributed by atoms with Crippen molar-refractivity contribution < 1.29 is 9.72 Å². The van der Waals surface area contributed by atoms with Crippen molar-refractivity contribution in [2.45, 2.75) is 26.7 Å². The summed E-state index contributed by atoms with van der Waals surface area (Å²) >= 11 is 0. The number of carbonyl (C=O) groups is 1. The number of hydrogen-bond donors (Lipinski definition) is 1. The van der Waals surface area contributed by atoms with Gasteiger partial charge in [0.2, 0.25) is 0 Å². The molecule has 0 fully saturated rings. The fraction of sp³-hybridized carbons (Fsp3) is 0.267. The first-order valence-electron chi connectivity index (χ1n) is 6.78. The molecule has 1 amide bonds. The number of amides is 1. The van der Waals surface area contributed by atoms with Crippen LogP contribution in [0.2, 0.25) is 0 Å². The molecule has 1 aromatic carbocycles. The van der Waals surface area contributed by atoms with Gasteiger partial charge in [-0.25, -0.2) is 9.97 Å². The zero-order valence-electron chi connectivity index (χ0n) is 12.5. The summed E-state index contributed by atoms with van der Waals surface area (Å²) in [4.78, 5) is 30.9. The number of nitro benzene ring substituents is 1. The number of rotatable bonds is 4. The van der Waals surface area contributed by atoms with Gasteiger partial charge in [0.15, 0.2) is 0 Å². The van der Waals surface area contributed by atoms with Crippen LogP contribution in [0.15, 0.2) is 30.5 Å². The maximum absolute atomic E-state index is 12.2. The van der Waals surface area contributed by atoms with E-state index < -0.39 is 10.8 Å². The highest BCUT2D eigenvalue weighted by Gasteiger charge is 2.14. The van der Waals surface area contributed by atoms with E-state index in [9.17, 15) is 14.9 Å². The molecule has 0 spiro atoms. The second kappa shape index (κ2) is 6.30. The molecule has 1 N–H and O–H groups in total. The fourth-order valence-corrected chi connectivity index (χ4v) is 1.88. The molecule has 0 bridgehead atoms. The van der Waals surface area contributed by atoms with Crippen LogP contribution < -0.4 is 5.32 Å². The number of anilines is 1. The third kappa shape index (κ3) is 3.43. The average Bonchev–Trinajstić information content (AvgIpc) is 2.47. The van der Waals surface area contributed by atoms with Crippen molar-refractivity contribution >= 4 is 17.3 Å². The van der Waals surface area contributed by atoms with Crippen LogP contribution in [0.25, 0.3) is 0 Å². The van der Waals surface area contributed by atoms with Crippen molar-refractivity contribution in [2.75, 3.05) is 5.32 Å². The van der Waals surface area contributed by atoms with Gasteiger partial charge in [0.05, 0.1) is 16.2 Å². The van der Waals surface area contributed by atoms with Crippen molar-refractivity contribution in [1.29, 1.82) is 0 Å². The Bertz CT molecular complexity index is 728. The van der Waals surface area contributed by atoms with Gasteiger partial charge in [-0.15, -0.1) is 0 Å². The van der Waals surface area contributed by atoms with E-state index in [-0.39, 0.29) is 11.6 Å². The molecule has 0 aliphatic carbocycles. The lowest BCUT2D eigenvalue weighted by Crippen LogP contribution is -2.16. The van der Waals surface area contributed by atoms with E-state index in [0.29, 0.717) is 22.8 Å². The van der Waals surface area contributed by atoms with Crippen LogP contribution in [-0.2, 0) is 0 Å². The van der Waals surface area contributed by atoms with Crippen molar-refractivity contribution in [3.05, 3.63) is 57.7 Å². The monoisotopic (exact) mass is 300 g/mol. The van der Waals surface area contributed by atoms with Crippen LogP contribution in [-0.4, -0.2) is 20.8 Å². The quantitative estimate of drug-likeness (QED) is 0.691. The molecule has 0 saturated carbocycles. The van der Waals surface area contributed by atoms with Crippen LogP contribution in [0.1, 0.15) is 41.6 Å². The van der Waals surface area contributed by atoms with Crippen LogP contribution in [0.4, 0.5) is 11.4 Å². The molecule has 0 atom stereocenters. The Hall–Kier alpha value is -2.83. The molecule has 1 aromatic heterocycles. The zero-order valence-corrected chi connectivity index (χ0v) is 12.5. The van der Waals surface area contributed by atoms with E-state index in [4.69, 9.17) is 0 Å². The van der Waals surface area contributed by atoms with E-state index in [1.54, 1.807) is 13.0 Å². The number of nitrogens with zero attached hydrogens (tertiary/aromatic N) is 3. The second-order valence-corrected chi connectivity index (χ2v) is 5.14. The molecular weight excluding hydrogens is 284 g/mol. The van der Waals surface area contributed by atoms with Crippen molar-refractivity contribution in [1.82, 2.24) is 9.97 Å². The van der Waals surface area contributed by atoms with Gasteiger partial charge in [0, 0.05) is 29.9 Å². The Morgan fingerprint density at radius 2 is 2.09 bits per heavy atom. The number of nitro groups is 1. The summed E-state index contributed by atoms with van der Waals surface area (Å²) in [5, 5.41) is 13.4. The highest BCUT2D eigenvalue weighted by molar-refractivity contribution is 6.04. The number of nitrogens with one attached hydrogen (secondary N) is 1. The Balaban J connectivity index is 2.22. The van der Waals surface area contributed by atoms with E-state index in [1.807, 2.05) is 13.8 Å². The summed E-state index contributed by atoms with van der Waals surface area (Å²) < 4.78 is 0. The number of benzene rings is 1. The Labute approximate surface area is 127 Å². The van der Waals surface area contributed by atoms with E-state index in [0.717, 1.165) is 0 Å². The molecule has 0 aliphatic rings. The smallest absolute Gasteiger partial charge is 0.271 e. The Kier molecular flexibility index (Phi) is 4.45. The maximum atomic E-state index is 12.2. The first-order valence-corrected chi connectivity index (χ1v) is 6.78. The molecule has 7 nitrogen and oxygen atoms in total. The lowest BCUT2D eigenvalue weighted by atomic mass is 10.1. The van der Waals surface area contributed by atoms with Gasteiger partial charge in [-0.1, -0.05) is 19.9 Å². The van der Waals surface area contributed by atoms with Gasteiger partial charge in [-0.2, -0.15) is 0 Å². The van der Waals surface area contributed by atoms with Gasteiger partial charge in [-0.3, -0.25) is 14.9 Å². The zero-order chi connectivity index (χ0) is 16.3. The third-order valence-electron chi connectivity index (χ3n) is 3.07. The Morgan fingerprint density at radius 1 is 1.36 bits per heavy atom. The van der Waals surface area contributed by atoms with Crippen LogP contribution in [0.5, 0.6) is 0 Å². The topological polar surface area (TPSA) is 98.0 Å². The maximum Gasteiger partial charge on any atom is 0.271 e. The van der Waals surface area contributed by atoms with Crippen LogP contribution in [0.3, 0.4) is 0 Å². The number of aryl methyl sites for hydroxylation is 1. The van der Waals surface area contributed by atoms with Gasteiger partial charge >= 0.3 is 0 Å². The lowest BCUT2D eigenvalue weighted by Gasteiger charge is -2.09. The van der Waals surface area contributed by atoms with Gasteiger partial charge < -0.3 is 5.32 Å². The Morgan fingerprint density at radius 3 is 2.68 bits per heavy atom. The molecule has 1 heterocycles. The van der Waals surface area contributed by atoms with Crippen molar-refractivity contribution in [2.24, 2.45) is 0 Å². The predicted molar refractivity (Wildman–Crippen MR) is 81.9 cm³/mol. The standard InChI is InChI=1S/C15H16N4O3/c1-9(2)14-16-8-13(10(3)17-14)15(20)18-11-5-4-6-12(7-11)19(21)22/h4-9H,1-3H3,(H,18,20). The minimum Gasteiger partial charge on any atom is -0.322 e. The molecule has 22 heavy (non-hydrogen) atoms. The van der Waals surface area contributed by atoms with E-state index >= 15 is 0 Å². The minimum absolute atomic E-state index is 0.0825. The molecule has 2 rings (SSSR count). The summed E-state index contributed by atoms with van der Waals surface area (Å²) in [5.41, 5.74) is 1.19. The van der Waals surface area contributed by atoms with Crippen molar-refractivity contribution in [3.8, 4) is 0 Å². The van der Waals surface area contributed by atoms with Gasteiger partial charge in [0.25, 0.3) is 11.6 Å². The summed E-state index contributed by atoms with van der Waals surface area (Å²) in [6.07, 6.45) is 1.48. The molecule has 114 valence electrons. The molecule has 7 heteroatoms. The summed E-state index contributed by atoms with van der Waals surface area (Å²) in [5.74, 6) is 0.449. The first-order chi connectivity index (χ1) is 10.4. The number of non-ortho nitro benzene ring substituents is 1.